The van der Waals surface area contributed by atoms with E-state index in [9.17, 15) is 8.78 Å². The van der Waals surface area contributed by atoms with Crippen molar-refractivity contribution in [1.82, 2.24) is 0 Å². The molecule has 1 saturated heterocycles. The lowest BCUT2D eigenvalue weighted by atomic mass is 9.89. The van der Waals surface area contributed by atoms with Gasteiger partial charge in [0.1, 0.15) is 6.10 Å². The molecule has 2 aliphatic rings. The van der Waals surface area contributed by atoms with Gasteiger partial charge in [0.2, 0.25) is 5.82 Å². The molecule has 112 valence electrons. The highest BCUT2D eigenvalue weighted by Gasteiger charge is 2.30. The quantitative estimate of drug-likeness (QED) is 0.600. The fourth-order valence-electron chi connectivity index (χ4n) is 2.57. The van der Waals surface area contributed by atoms with Gasteiger partial charge < -0.3 is 9.47 Å². The van der Waals surface area contributed by atoms with Crippen molar-refractivity contribution >= 4 is 0 Å². The number of rotatable bonds is 5. The van der Waals surface area contributed by atoms with Crippen LogP contribution < -0.4 is 4.74 Å². The zero-order chi connectivity index (χ0) is 14.8. The van der Waals surface area contributed by atoms with E-state index in [1.807, 2.05) is 6.08 Å². The molecule has 21 heavy (non-hydrogen) atoms. The van der Waals surface area contributed by atoms with Gasteiger partial charge in [-0.25, -0.2) is 4.39 Å². The summed E-state index contributed by atoms with van der Waals surface area (Å²) >= 11 is 0. The Kier molecular flexibility index (Phi) is 4.06. The third-order valence-corrected chi connectivity index (χ3v) is 4.01. The average Bonchev–Trinajstić information content (AvgIpc) is 3.34. The summed E-state index contributed by atoms with van der Waals surface area (Å²) in [6.07, 6.45) is 7.76. The second-order valence-corrected chi connectivity index (χ2v) is 5.54. The van der Waals surface area contributed by atoms with Crippen molar-refractivity contribution in [2.24, 2.45) is 11.8 Å². The van der Waals surface area contributed by atoms with Crippen LogP contribution in [0.2, 0.25) is 0 Å². The topological polar surface area (TPSA) is 21.8 Å². The summed E-state index contributed by atoms with van der Waals surface area (Å²) in [5.74, 6) is -1.17. The smallest absolute Gasteiger partial charge is 0.200 e. The molecule has 1 heterocycles. The highest BCUT2D eigenvalue weighted by molar-refractivity contribution is 5.33. The first-order valence-corrected chi connectivity index (χ1v) is 7.22. The second-order valence-electron chi connectivity index (χ2n) is 5.54. The van der Waals surface area contributed by atoms with Crippen molar-refractivity contribution in [2.75, 3.05) is 13.2 Å². The summed E-state index contributed by atoms with van der Waals surface area (Å²) in [5.41, 5.74) is 0.270. The minimum Gasteiger partial charge on any atom is -0.490 e. The fourth-order valence-corrected chi connectivity index (χ4v) is 2.57. The van der Waals surface area contributed by atoms with Gasteiger partial charge in [0.15, 0.2) is 11.6 Å². The van der Waals surface area contributed by atoms with Gasteiger partial charge in [0, 0.05) is 11.5 Å². The Morgan fingerprint density at radius 2 is 2.05 bits per heavy atom. The maximum absolute atomic E-state index is 13.9. The van der Waals surface area contributed by atoms with Crippen molar-refractivity contribution in [3.05, 3.63) is 54.1 Å². The van der Waals surface area contributed by atoms with E-state index in [-0.39, 0.29) is 23.3 Å². The molecule has 0 aromatic heterocycles. The molecule has 0 saturated carbocycles. The third kappa shape index (κ3) is 3.16. The first kappa shape index (κ1) is 14.3. The molecule has 0 N–H and O–H groups in total. The van der Waals surface area contributed by atoms with E-state index in [2.05, 4.69) is 18.7 Å². The van der Waals surface area contributed by atoms with Crippen molar-refractivity contribution in [1.29, 1.82) is 0 Å². The van der Waals surface area contributed by atoms with E-state index in [0.717, 1.165) is 12.8 Å². The summed E-state index contributed by atoms with van der Waals surface area (Å²) in [6.45, 7) is 4.58. The summed E-state index contributed by atoms with van der Waals surface area (Å²) < 4.78 is 38.2. The Hall–Kier alpha value is -1.68. The first-order chi connectivity index (χ1) is 10.2. The van der Waals surface area contributed by atoms with Crippen LogP contribution in [-0.2, 0) is 4.74 Å². The van der Waals surface area contributed by atoms with Gasteiger partial charge in [0.25, 0.3) is 0 Å². The molecule has 3 rings (SSSR count). The van der Waals surface area contributed by atoms with E-state index < -0.39 is 11.6 Å². The fraction of sp³-hybridized carbons (Fsp3) is 0.412. The maximum Gasteiger partial charge on any atom is 0.200 e. The molecular formula is C17H18F2O2. The predicted octanol–water partition coefficient (Wildman–Crippen LogP) is 4.18. The highest BCUT2D eigenvalue weighted by Crippen LogP contribution is 2.35. The maximum atomic E-state index is 13.9. The minimum atomic E-state index is -0.924. The Morgan fingerprint density at radius 3 is 2.67 bits per heavy atom. The van der Waals surface area contributed by atoms with E-state index in [1.165, 1.54) is 12.1 Å². The molecule has 3 atom stereocenters. The van der Waals surface area contributed by atoms with Gasteiger partial charge in [-0.2, -0.15) is 4.39 Å². The summed E-state index contributed by atoms with van der Waals surface area (Å²) in [4.78, 5) is 0. The number of allylic oxidation sites excluding steroid dienone is 2. The van der Waals surface area contributed by atoms with Gasteiger partial charge in [-0.15, -0.1) is 6.58 Å². The normalized spacial score (nSPS) is 27.4. The summed E-state index contributed by atoms with van der Waals surface area (Å²) in [7, 11) is 0. The average molecular weight is 292 g/mol. The zero-order valence-corrected chi connectivity index (χ0v) is 11.7. The van der Waals surface area contributed by atoms with Crippen LogP contribution in [0.25, 0.3) is 0 Å². The number of epoxide rings is 1. The lowest BCUT2D eigenvalue weighted by Gasteiger charge is -2.21. The Balaban J connectivity index is 1.63. The molecular weight excluding hydrogens is 274 g/mol. The van der Waals surface area contributed by atoms with Crippen molar-refractivity contribution in [3.63, 3.8) is 0 Å². The monoisotopic (exact) mass is 292 g/mol. The van der Waals surface area contributed by atoms with Gasteiger partial charge in [0.05, 0.1) is 13.2 Å². The van der Waals surface area contributed by atoms with Crippen LogP contribution in [0.5, 0.6) is 5.75 Å². The number of hydrogen-bond donors (Lipinski definition) is 0. The van der Waals surface area contributed by atoms with Crippen LogP contribution in [0.1, 0.15) is 24.5 Å². The molecule has 0 bridgehead atoms. The van der Waals surface area contributed by atoms with Crippen LogP contribution in [0, 0.1) is 23.5 Å². The number of benzene rings is 1. The van der Waals surface area contributed by atoms with Crippen LogP contribution >= 0.6 is 0 Å². The molecule has 4 heteroatoms. The van der Waals surface area contributed by atoms with Gasteiger partial charge in [-0.3, -0.25) is 0 Å². The van der Waals surface area contributed by atoms with Gasteiger partial charge in [-0.1, -0.05) is 18.2 Å². The Morgan fingerprint density at radius 1 is 1.24 bits per heavy atom. The zero-order valence-electron chi connectivity index (χ0n) is 11.7. The van der Waals surface area contributed by atoms with Crippen LogP contribution in [0.4, 0.5) is 8.78 Å². The Labute approximate surface area is 123 Å². The SMILES string of the molecule is C=CC1C=CC(COc2ccc(C3CO3)c(F)c2F)CC1. The molecule has 1 fully saturated rings. The molecule has 1 aliphatic heterocycles. The molecule has 0 radical (unpaired) electrons. The molecule has 2 nitrogen and oxygen atoms in total. The number of halogens is 2. The molecule has 1 aromatic rings. The van der Waals surface area contributed by atoms with E-state index >= 15 is 0 Å². The van der Waals surface area contributed by atoms with E-state index in [4.69, 9.17) is 9.47 Å². The highest BCUT2D eigenvalue weighted by atomic mass is 19.2. The van der Waals surface area contributed by atoms with Crippen LogP contribution in [0.3, 0.4) is 0 Å². The lowest BCUT2D eigenvalue weighted by Crippen LogP contribution is -2.15. The van der Waals surface area contributed by atoms with Gasteiger partial charge in [-0.05, 0) is 30.9 Å². The summed E-state index contributed by atoms with van der Waals surface area (Å²) in [6, 6.07) is 3.02. The molecule has 0 amide bonds. The largest absolute Gasteiger partial charge is 0.490 e. The third-order valence-electron chi connectivity index (χ3n) is 4.01. The van der Waals surface area contributed by atoms with Crippen molar-refractivity contribution in [3.8, 4) is 5.75 Å². The van der Waals surface area contributed by atoms with Crippen molar-refractivity contribution < 1.29 is 18.3 Å². The number of hydrogen-bond acceptors (Lipinski definition) is 2. The molecule has 1 aromatic carbocycles. The number of ether oxygens (including phenoxy) is 2. The molecule has 0 spiro atoms. The second kappa shape index (κ2) is 5.98. The van der Waals surface area contributed by atoms with Crippen molar-refractivity contribution in [2.45, 2.75) is 18.9 Å². The minimum absolute atomic E-state index is 0.0313. The Bertz CT molecular complexity index is 564. The lowest BCUT2D eigenvalue weighted by molar-refractivity contribution is 0.245. The summed E-state index contributed by atoms with van der Waals surface area (Å²) in [5, 5.41) is 0. The van der Waals surface area contributed by atoms with Gasteiger partial charge >= 0.3 is 0 Å². The van der Waals surface area contributed by atoms with E-state index in [0.29, 0.717) is 19.1 Å². The molecule has 3 unspecified atom stereocenters. The van der Waals surface area contributed by atoms with E-state index in [1.54, 1.807) is 0 Å². The van der Waals surface area contributed by atoms with Crippen LogP contribution in [-0.4, -0.2) is 13.2 Å². The predicted molar refractivity (Wildman–Crippen MR) is 76.1 cm³/mol. The first-order valence-electron chi connectivity index (χ1n) is 7.22. The standard InChI is InChI=1S/C17H18F2O2/c1-2-11-3-5-12(6-4-11)9-20-14-8-7-13(15-10-21-15)16(18)17(14)19/h2-3,5,7-8,11-12,15H,1,4,6,9-10H2. The van der Waals surface area contributed by atoms with Crippen LogP contribution in [0.15, 0.2) is 36.9 Å². The molecule has 1 aliphatic carbocycles.